The average Bonchev–Trinajstić information content (AvgIpc) is 3.27. The first-order valence-corrected chi connectivity index (χ1v) is 8.54. The van der Waals surface area contributed by atoms with Crippen LogP contribution < -0.4 is 10.6 Å². The van der Waals surface area contributed by atoms with Crippen molar-refractivity contribution in [3.8, 4) is 0 Å². The molecule has 1 atom stereocenters. The first-order chi connectivity index (χ1) is 11.8. The van der Waals surface area contributed by atoms with Crippen LogP contribution >= 0.6 is 11.8 Å². The molecule has 2 amide bonds. The molecule has 3 rings (SSSR count). The minimum atomic E-state index is -4.33. The number of nitrogens with zero attached hydrogens (tertiary/aromatic N) is 2. The molecule has 1 aliphatic carbocycles. The van der Waals surface area contributed by atoms with E-state index in [9.17, 15) is 18.0 Å². The van der Waals surface area contributed by atoms with Gasteiger partial charge < -0.3 is 15.2 Å². The predicted molar refractivity (Wildman–Crippen MR) is 89.2 cm³/mol. The Balaban J connectivity index is 1.61. The zero-order valence-corrected chi connectivity index (χ0v) is 14.2. The van der Waals surface area contributed by atoms with Crippen molar-refractivity contribution in [1.82, 2.24) is 14.9 Å². The second kappa shape index (κ2) is 6.99. The Bertz CT molecular complexity index is 741. The fourth-order valence-corrected chi connectivity index (χ4v) is 3.09. The van der Waals surface area contributed by atoms with E-state index in [1.165, 1.54) is 24.3 Å². The Hall–Kier alpha value is -2.16. The van der Waals surface area contributed by atoms with E-state index in [1.807, 2.05) is 17.8 Å². The van der Waals surface area contributed by atoms with Gasteiger partial charge in [0.05, 0.1) is 6.04 Å². The molecule has 0 spiro atoms. The fourth-order valence-electron chi connectivity index (χ4n) is 2.55. The molecular formula is C16H17F3N4OS. The van der Waals surface area contributed by atoms with Crippen LogP contribution in [0.5, 0.6) is 0 Å². The summed E-state index contributed by atoms with van der Waals surface area (Å²) < 4.78 is 38.8. The molecule has 2 aromatic rings. The number of amides is 2. The number of carbonyl (C=O) groups is 1. The first kappa shape index (κ1) is 17.7. The maximum Gasteiger partial charge on any atom is 0.446 e. The number of halogens is 3. The van der Waals surface area contributed by atoms with Gasteiger partial charge in [0.25, 0.3) is 0 Å². The molecule has 2 N–H and O–H groups in total. The minimum absolute atomic E-state index is 0.0716. The summed E-state index contributed by atoms with van der Waals surface area (Å²) in [6.07, 6.45) is 5.56. The van der Waals surface area contributed by atoms with Crippen molar-refractivity contribution in [2.75, 3.05) is 5.32 Å². The summed E-state index contributed by atoms with van der Waals surface area (Å²) in [5.41, 5.74) is -3.90. The van der Waals surface area contributed by atoms with Gasteiger partial charge in [0.2, 0.25) is 0 Å². The quantitative estimate of drug-likeness (QED) is 0.772. The van der Waals surface area contributed by atoms with Gasteiger partial charge in [-0.1, -0.05) is 0 Å². The fraction of sp³-hybridized carbons (Fsp3) is 0.375. The van der Waals surface area contributed by atoms with E-state index in [2.05, 4.69) is 15.6 Å². The molecule has 1 fully saturated rings. The molecule has 0 radical (unpaired) electrons. The molecule has 0 bridgehead atoms. The molecule has 9 heteroatoms. The van der Waals surface area contributed by atoms with Crippen LogP contribution in [0.3, 0.4) is 0 Å². The summed E-state index contributed by atoms with van der Waals surface area (Å²) in [5, 5.41) is 5.55. The van der Waals surface area contributed by atoms with Gasteiger partial charge >= 0.3 is 11.5 Å². The third kappa shape index (κ3) is 4.91. The van der Waals surface area contributed by atoms with Crippen LogP contribution in [0, 0.1) is 5.92 Å². The van der Waals surface area contributed by atoms with Crippen molar-refractivity contribution in [3.05, 3.63) is 42.5 Å². The summed E-state index contributed by atoms with van der Waals surface area (Å²) in [6, 6.07) is 4.95. The van der Waals surface area contributed by atoms with E-state index < -0.39 is 11.5 Å². The van der Waals surface area contributed by atoms with Crippen LogP contribution in [0.25, 0.3) is 0 Å². The lowest BCUT2D eigenvalue weighted by molar-refractivity contribution is -0.0328. The summed E-state index contributed by atoms with van der Waals surface area (Å²) in [6.45, 7) is 0. The average molecular weight is 370 g/mol. The molecule has 1 aliphatic rings. The molecule has 25 heavy (non-hydrogen) atoms. The standard InChI is InChI=1S/C16H17F3N4OS/c1-23-9-8-20-14(23)13(10-2-3-10)22-15(24)21-11-4-6-12(7-5-11)25-16(17,18)19/h4-10,13H,2-3H2,1H3,(H2,21,22,24)/t13-/m0/s1. The molecule has 0 unspecified atom stereocenters. The zero-order valence-electron chi connectivity index (χ0n) is 13.4. The molecule has 5 nitrogen and oxygen atoms in total. The SMILES string of the molecule is Cn1ccnc1[C@@H](NC(=O)Nc1ccc(SC(F)(F)F)cc1)C1CC1. The number of anilines is 1. The van der Waals surface area contributed by atoms with Crippen LogP contribution in [0.15, 0.2) is 41.6 Å². The number of imidazole rings is 1. The topological polar surface area (TPSA) is 59.0 Å². The van der Waals surface area contributed by atoms with Crippen LogP contribution in [0.4, 0.5) is 23.7 Å². The van der Waals surface area contributed by atoms with E-state index in [0.717, 1.165) is 18.7 Å². The van der Waals surface area contributed by atoms with Crippen molar-refractivity contribution in [3.63, 3.8) is 0 Å². The van der Waals surface area contributed by atoms with Crippen molar-refractivity contribution in [2.45, 2.75) is 29.3 Å². The maximum absolute atomic E-state index is 12.3. The van der Waals surface area contributed by atoms with Crippen LogP contribution in [0.2, 0.25) is 0 Å². The van der Waals surface area contributed by atoms with Gasteiger partial charge in [0, 0.05) is 30.0 Å². The molecule has 1 aromatic heterocycles. The van der Waals surface area contributed by atoms with E-state index in [4.69, 9.17) is 0 Å². The maximum atomic E-state index is 12.3. The Morgan fingerprint density at radius 1 is 1.32 bits per heavy atom. The van der Waals surface area contributed by atoms with Crippen molar-refractivity contribution in [1.29, 1.82) is 0 Å². The van der Waals surface area contributed by atoms with Crippen LogP contribution in [-0.4, -0.2) is 21.1 Å². The van der Waals surface area contributed by atoms with E-state index in [0.29, 0.717) is 11.6 Å². The normalized spacial score (nSPS) is 15.7. The number of rotatable bonds is 5. The van der Waals surface area contributed by atoms with Gasteiger partial charge in [-0.2, -0.15) is 13.2 Å². The van der Waals surface area contributed by atoms with Gasteiger partial charge in [-0.25, -0.2) is 9.78 Å². The molecule has 1 aromatic carbocycles. The largest absolute Gasteiger partial charge is 0.446 e. The van der Waals surface area contributed by atoms with Gasteiger partial charge in [0.15, 0.2) is 0 Å². The smallest absolute Gasteiger partial charge is 0.336 e. The highest BCUT2D eigenvalue weighted by Crippen LogP contribution is 2.40. The predicted octanol–water partition coefficient (Wildman–Crippen LogP) is 4.30. The van der Waals surface area contributed by atoms with Gasteiger partial charge in [-0.3, -0.25) is 0 Å². The summed E-state index contributed by atoms with van der Waals surface area (Å²) in [5.74, 6) is 1.15. The van der Waals surface area contributed by atoms with Gasteiger partial charge in [0.1, 0.15) is 5.82 Å². The third-order valence-corrected chi connectivity index (χ3v) is 4.60. The molecule has 0 aliphatic heterocycles. The molecule has 0 saturated heterocycles. The number of thioether (sulfide) groups is 1. The number of urea groups is 1. The van der Waals surface area contributed by atoms with Crippen LogP contribution in [0.1, 0.15) is 24.7 Å². The number of alkyl halides is 3. The molecular weight excluding hydrogens is 353 g/mol. The van der Waals surface area contributed by atoms with Crippen molar-refractivity contribution >= 4 is 23.5 Å². The van der Waals surface area contributed by atoms with E-state index >= 15 is 0 Å². The number of carbonyl (C=O) groups excluding carboxylic acids is 1. The summed E-state index contributed by atoms with van der Waals surface area (Å²) in [4.78, 5) is 16.6. The lowest BCUT2D eigenvalue weighted by atomic mass is 10.1. The lowest BCUT2D eigenvalue weighted by Gasteiger charge is -2.18. The summed E-state index contributed by atoms with van der Waals surface area (Å²) in [7, 11) is 1.87. The van der Waals surface area contributed by atoms with Crippen molar-refractivity contribution < 1.29 is 18.0 Å². The van der Waals surface area contributed by atoms with E-state index in [1.54, 1.807) is 6.20 Å². The second-order valence-corrected chi connectivity index (χ2v) is 7.02. The summed E-state index contributed by atoms with van der Waals surface area (Å²) >= 11 is -0.188. The zero-order chi connectivity index (χ0) is 18.0. The van der Waals surface area contributed by atoms with Crippen molar-refractivity contribution in [2.24, 2.45) is 13.0 Å². The molecule has 1 heterocycles. The highest BCUT2D eigenvalue weighted by Gasteiger charge is 2.35. The van der Waals surface area contributed by atoms with Gasteiger partial charge in [-0.15, -0.1) is 0 Å². The second-order valence-electron chi connectivity index (χ2n) is 5.88. The Morgan fingerprint density at radius 3 is 2.52 bits per heavy atom. The Labute approximate surface area is 147 Å². The third-order valence-electron chi connectivity index (χ3n) is 3.86. The Kier molecular flexibility index (Phi) is 4.94. The molecule has 134 valence electrons. The first-order valence-electron chi connectivity index (χ1n) is 7.72. The highest BCUT2D eigenvalue weighted by molar-refractivity contribution is 8.00. The highest BCUT2D eigenvalue weighted by atomic mass is 32.2. The number of nitrogens with one attached hydrogen (secondary N) is 2. The number of aryl methyl sites for hydroxylation is 1. The number of hydrogen-bond acceptors (Lipinski definition) is 3. The number of benzene rings is 1. The van der Waals surface area contributed by atoms with E-state index in [-0.39, 0.29) is 22.7 Å². The monoisotopic (exact) mass is 370 g/mol. The number of hydrogen-bond donors (Lipinski definition) is 2. The Morgan fingerprint density at radius 2 is 2.00 bits per heavy atom. The lowest BCUT2D eigenvalue weighted by Crippen LogP contribution is -2.35. The number of aromatic nitrogens is 2. The van der Waals surface area contributed by atoms with Crippen LogP contribution in [-0.2, 0) is 7.05 Å². The minimum Gasteiger partial charge on any atom is -0.336 e. The van der Waals surface area contributed by atoms with Gasteiger partial charge in [-0.05, 0) is 54.8 Å². The molecule has 1 saturated carbocycles.